The predicted octanol–water partition coefficient (Wildman–Crippen LogP) is -3.15. The van der Waals surface area contributed by atoms with Crippen molar-refractivity contribution in [3.63, 3.8) is 0 Å². The van der Waals surface area contributed by atoms with Crippen molar-refractivity contribution in [2.75, 3.05) is 28.2 Å². The van der Waals surface area contributed by atoms with Gasteiger partial charge in [0, 0.05) is 78.3 Å². The van der Waals surface area contributed by atoms with E-state index in [1.165, 1.54) is 18.7 Å². The van der Waals surface area contributed by atoms with E-state index in [1.807, 2.05) is 69.9 Å². The van der Waals surface area contributed by atoms with Gasteiger partial charge in [0.2, 0.25) is 0 Å². The van der Waals surface area contributed by atoms with E-state index in [1.54, 1.807) is 7.06 Å². The van der Waals surface area contributed by atoms with Crippen molar-refractivity contribution >= 4 is 96.4 Å². The summed E-state index contributed by atoms with van der Waals surface area (Å²) >= 11 is 1.50. The van der Waals surface area contributed by atoms with E-state index in [0.29, 0.717) is 0 Å². The van der Waals surface area contributed by atoms with E-state index in [0.717, 1.165) is 4.48 Å². The van der Waals surface area contributed by atoms with Gasteiger partial charge in [-0.05, 0) is 6.92 Å². The van der Waals surface area contributed by atoms with Crippen LogP contribution in [0.4, 0.5) is 0 Å². The summed E-state index contributed by atoms with van der Waals surface area (Å²) in [6, 6.07) is 2.15. The van der Waals surface area contributed by atoms with Gasteiger partial charge in [0.25, 0.3) is 0 Å². The summed E-state index contributed by atoms with van der Waals surface area (Å²) < 4.78 is 1.00. The second kappa shape index (κ2) is 17.9. The molecular weight excluding hydrogens is 274 g/mol. The molecule has 2 nitrogen and oxygen atoms in total. The monoisotopic (exact) mass is 292 g/mol. The highest BCUT2D eigenvalue weighted by Gasteiger charge is 2.01. The molecule has 13 radical (unpaired) electrons. The van der Waals surface area contributed by atoms with Crippen LogP contribution in [0.2, 0.25) is 0 Å². The molecule has 0 fully saturated rings. The van der Waals surface area contributed by atoms with Crippen LogP contribution in [-0.2, 0) is 0 Å². The average Bonchev–Trinajstić information content (AvgIpc) is 2.42. The molecule has 0 aromatic carbocycles. The van der Waals surface area contributed by atoms with Crippen molar-refractivity contribution in [3.05, 3.63) is 0 Å². The molecule has 0 saturated heterocycles. The van der Waals surface area contributed by atoms with Crippen LogP contribution in [0.15, 0.2) is 0 Å². The first-order valence-corrected chi connectivity index (χ1v) is 7.96. The van der Waals surface area contributed by atoms with Crippen molar-refractivity contribution in [1.29, 1.82) is 5.26 Å². The van der Waals surface area contributed by atoms with Crippen molar-refractivity contribution in [2.45, 2.75) is 12.2 Å². The van der Waals surface area contributed by atoms with Crippen LogP contribution in [0.1, 0.15) is 6.92 Å². The number of hydrogen-bond acceptors (Lipinski definition) is 2. The maximum atomic E-state index is 8.54. The molecular formula is C7H16B12N2S+. The fraction of sp³-hybridized carbons (Fsp3) is 0.857. The van der Waals surface area contributed by atoms with E-state index < -0.39 is 0 Å². The molecule has 22 heavy (non-hydrogen) atoms. The Balaban J connectivity index is 0. The van der Waals surface area contributed by atoms with Crippen molar-refractivity contribution < 1.29 is 4.48 Å². The van der Waals surface area contributed by atoms with Gasteiger partial charge >= 0.3 is 0 Å². The third kappa shape index (κ3) is 32.5. The highest BCUT2D eigenvalue weighted by Crippen LogP contribution is 2.04. The first-order valence-electron chi connectivity index (χ1n) is 7.02. The van der Waals surface area contributed by atoms with Gasteiger partial charge in [-0.15, -0.1) is 0 Å². The first-order chi connectivity index (χ1) is 10.3. The summed E-state index contributed by atoms with van der Waals surface area (Å²) in [5.41, 5.74) is 0. The van der Waals surface area contributed by atoms with Crippen molar-refractivity contribution in [1.82, 2.24) is 0 Å². The fourth-order valence-corrected chi connectivity index (χ4v) is 1.23. The molecule has 0 aliphatic rings. The SMILES string of the molecule is C[N+](C)(C)C.[B][B][B][B][B][B][B][B][B][B][B][B]SC(C)C#N. The molecule has 0 amide bonds. The van der Waals surface area contributed by atoms with Gasteiger partial charge in [-0.1, -0.05) is 0 Å². The molecule has 1 unspecified atom stereocenters. The lowest BCUT2D eigenvalue weighted by Crippen LogP contribution is -2.33. The Morgan fingerprint density at radius 2 is 1.23 bits per heavy atom. The summed E-state index contributed by atoms with van der Waals surface area (Å²) in [5, 5.41) is 8.54. The maximum absolute atomic E-state index is 8.54. The smallest absolute Gasteiger partial charge is 0.136 e. The van der Waals surface area contributed by atoms with E-state index in [-0.39, 0.29) is 5.25 Å². The summed E-state index contributed by atoms with van der Waals surface area (Å²) in [6.07, 6.45) is 1.91. The zero-order chi connectivity index (χ0) is 17.3. The quantitative estimate of drug-likeness (QED) is 0.215. The molecule has 0 aliphatic carbocycles. The van der Waals surface area contributed by atoms with Crippen molar-refractivity contribution in [3.8, 4) is 6.07 Å². The Kier molecular flexibility index (Phi) is 20.2. The summed E-state index contributed by atoms with van der Waals surface area (Å²) in [6.45, 7) is 1.87. The zero-order valence-corrected chi connectivity index (χ0v) is 15.1. The van der Waals surface area contributed by atoms with Crippen LogP contribution in [0.5, 0.6) is 0 Å². The minimum absolute atomic E-state index is 0.00395. The lowest BCUT2D eigenvalue weighted by Gasteiger charge is -2.14. The molecule has 0 aromatic rings. The van der Waals surface area contributed by atoms with Gasteiger partial charge in [0.1, 0.15) is 6.45 Å². The molecule has 15 heteroatoms. The first kappa shape index (κ1) is 24.8. The fourth-order valence-electron chi connectivity index (χ4n) is 0.752. The minimum atomic E-state index is 0.00395. The Hall–Kier alpha value is 0.579. The number of hydrogen-bond donors (Lipinski definition) is 0. The second-order valence-corrected chi connectivity index (χ2v) is 6.90. The van der Waals surface area contributed by atoms with Gasteiger partial charge in [0.15, 0.2) is 0 Å². The summed E-state index contributed by atoms with van der Waals surface area (Å²) in [5.74, 6) is 0. The highest BCUT2D eigenvalue weighted by atomic mass is 32.2. The molecule has 0 heterocycles. The topological polar surface area (TPSA) is 23.8 Å². The highest BCUT2D eigenvalue weighted by molar-refractivity contribution is 8.28. The van der Waals surface area contributed by atoms with Crippen LogP contribution in [-0.4, -0.2) is 123 Å². The second-order valence-electron chi connectivity index (χ2n) is 5.65. The van der Waals surface area contributed by atoms with Crippen LogP contribution in [0.25, 0.3) is 0 Å². The third-order valence-corrected chi connectivity index (χ3v) is 2.37. The molecule has 95 valence electrons. The number of nitrogens with zero attached hydrogens (tertiary/aromatic N) is 2. The number of quaternary nitrogens is 1. The minimum Gasteiger partial charge on any atom is -0.333 e. The van der Waals surface area contributed by atoms with Gasteiger partial charge in [-0.25, -0.2) is 11.6 Å². The van der Waals surface area contributed by atoms with E-state index >= 15 is 0 Å². The Labute approximate surface area is 152 Å². The van der Waals surface area contributed by atoms with Crippen LogP contribution in [0, 0.1) is 11.3 Å². The van der Waals surface area contributed by atoms with E-state index in [9.17, 15) is 0 Å². The normalized spacial score (nSPS) is 10.2. The summed E-state index contributed by atoms with van der Waals surface area (Å²) in [4.78, 5) is 0. The van der Waals surface area contributed by atoms with E-state index in [2.05, 4.69) is 34.3 Å². The van der Waals surface area contributed by atoms with Gasteiger partial charge in [-0.2, -0.15) is 5.26 Å². The predicted molar refractivity (Wildman–Crippen MR) is 116 cm³/mol. The Morgan fingerprint density at radius 1 is 0.864 bits per heavy atom. The van der Waals surface area contributed by atoms with Crippen LogP contribution in [0.3, 0.4) is 0 Å². The summed E-state index contributed by atoms with van der Waals surface area (Å²) in [7, 11) is 32.2. The van der Waals surface area contributed by atoms with Gasteiger partial charge < -0.3 is 4.48 Å². The van der Waals surface area contributed by atoms with Crippen molar-refractivity contribution in [2.24, 2.45) is 0 Å². The number of nitriles is 1. The molecule has 0 aliphatic heterocycles. The maximum Gasteiger partial charge on any atom is 0.136 e. The Bertz CT molecular complexity index is 265. The Morgan fingerprint density at radius 3 is 1.59 bits per heavy atom. The molecule has 0 spiro atoms. The molecule has 0 rings (SSSR count). The molecule has 1 atom stereocenters. The van der Waals surface area contributed by atoms with Crippen LogP contribution >= 0.6 is 11.6 Å². The van der Waals surface area contributed by atoms with Gasteiger partial charge in [-0.3, -0.25) is 0 Å². The lowest BCUT2D eigenvalue weighted by molar-refractivity contribution is -0.849. The standard InChI is InChI=1S/C4H12N.C3H4B12NS/c1-5(2,3)4;1-3(2-16)17-15-14-13-12-11-10-9-8-7-6-5-4/h1-4H3;3H,1H3/q+1;. The molecule has 0 saturated carbocycles. The number of rotatable bonds is 12. The van der Waals surface area contributed by atoms with Crippen LogP contribution < -0.4 is 0 Å². The molecule has 0 N–H and O–H groups in total. The lowest BCUT2D eigenvalue weighted by atomic mass is 8.87. The van der Waals surface area contributed by atoms with E-state index in [4.69, 9.17) is 13.0 Å². The average molecular weight is 290 g/mol. The zero-order valence-electron chi connectivity index (χ0n) is 14.3. The molecule has 0 bridgehead atoms. The third-order valence-electron chi connectivity index (χ3n) is 1.54. The molecule has 0 aromatic heterocycles. The largest absolute Gasteiger partial charge is 0.333 e. The van der Waals surface area contributed by atoms with Gasteiger partial charge in [0.05, 0.1) is 39.5 Å².